The molecule has 0 aliphatic carbocycles. The maximum absolute atomic E-state index is 13.0. The molecule has 0 aromatic heterocycles. The number of rotatable bonds is 3. The molecule has 136 valence electrons. The van der Waals surface area contributed by atoms with Gasteiger partial charge in [-0.1, -0.05) is 0 Å². The van der Waals surface area contributed by atoms with Gasteiger partial charge in [0.15, 0.2) is 0 Å². The number of ether oxygens (including phenoxy) is 1. The molecule has 6 nitrogen and oxygen atoms in total. The fourth-order valence-corrected chi connectivity index (χ4v) is 3.51. The maximum atomic E-state index is 13.0. The zero-order valence-corrected chi connectivity index (χ0v) is 14.5. The van der Waals surface area contributed by atoms with Gasteiger partial charge in [0.25, 0.3) is 11.8 Å². The lowest BCUT2D eigenvalue weighted by Crippen LogP contribution is -2.59. The van der Waals surface area contributed by atoms with E-state index < -0.39 is 5.60 Å². The maximum Gasteiger partial charge on any atom is 0.255 e. The quantitative estimate of drug-likeness (QED) is 0.880. The van der Waals surface area contributed by atoms with Gasteiger partial charge < -0.3 is 19.9 Å². The van der Waals surface area contributed by atoms with E-state index in [0.29, 0.717) is 44.6 Å². The Morgan fingerprint density at radius 1 is 1.04 bits per heavy atom. The van der Waals surface area contributed by atoms with Crippen molar-refractivity contribution in [3.05, 3.63) is 35.6 Å². The van der Waals surface area contributed by atoms with Crippen molar-refractivity contribution in [3.8, 4) is 0 Å². The highest BCUT2D eigenvalue weighted by Gasteiger charge is 2.43. The zero-order valence-electron chi connectivity index (χ0n) is 14.5. The third-order valence-electron chi connectivity index (χ3n) is 5.14. The average molecular weight is 349 g/mol. The average Bonchev–Trinajstić information content (AvgIpc) is 2.68. The molecule has 0 unspecified atom stereocenters. The summed E-state index contributed by atoms with van der Waals surface area (Å²) in [5.41, 5.74) is -0.276. The number of hydrogen-bond acceptors (Lipinski definition) is 4. The van der Waals surface area contributed by atoms with E-state index in [2.05, 4.69) is 5.32 Å². The molecule has 7 heteroatoms. The monoisotopic (exact) mass is 349 g/mol. The summed E-state index contributed by atoms with van der Waals surface area (Å²) in [6, 6.07) is 5.55. The van der Waals surface area contributed by atoms with Crippen LogP contribution in [0.15, 0.2) is 24.3 Å². The molecule has 25 heavy (non-hydrogen) atoms. The zero-order chi connectivity index (χ0) is 17.9. The molecule has 0 atom stereocenters. The number of piperidine rings is 1. The number of benzene rings is 1. The molecule has 0 radical (unpaired) electrons. The van der Waals surface area contributed by atoms with Crippen LogP contribution in [-0.2, 0) is 9.53 Å². The molecule has 2 aliphatic heterocycles. The van der Waals surface area contributed by atoms with Crippen LogP contribution in [-0.4, -0.2) is 73.6 Å². The van der Waals surface area contributed by atoms with Gasteiger partial charge in [-0.2, -0.15) is 0 Å². The first-order chi connectivity index (χ1) is 12.1. The van der Waals surface area contributed by atoms with E-state index >= 15 is 0 Å². The van der Waals surface area contributed by atoms with Gasteiger partial charge >= 0.3 is 0 Å². The molecule has 2 aliphatic rings. The number of carbonyl (C=O) groups is 2. The summed E-state index contributed by atoms with van der Waals surface area (Å²) >= 11 is 0. The highest BCUT2D eigenvalue weighted by atomic mass is 19.1. The number of carbonyl (C=O) groups excluding carboxylic acids is 2. The molecule has 1 aromatic rings. The summed E-state index contributed by atoms with van der Waals surface area (Å²) in [5.74, 6) is -0.473. The van der Waals surface area contributed by atoms with Crippen LogP contribution < -0.4 is 5.32 Å². The van der Waals surface area contributed by atoms with Crippen molar-refractivity contribution < 1.29 is 18.7 Å². The SMILES string of the molecule is COC1(C(=O)N2CCN(C(=O)c3ccc(F)cc3)CC2)CCNCC1. The van der Waals surface area contributed by atoms with Crippen molar-refractivity contribution in [2.24, 2.45) is 0 Å². The third-order valence-corrected chi connectivity index (χ3v) is 5.14. The largest absolute Gasteiger partial charge is 0.368 e. The second-order valence-electron chi connectivity index (χ2n) is 6.54. The first-order valence-corrected chi connectivity index (χ1v) is 8.66. The number of piperazine rings is 1. The predicted octanol–water partition coefficient (Wildman–Crippen LogP) is 0.879. The predicted molar refractivity (Wildman–Crippen MR) is 90.7 cm³/mol. The summed E-state index contributed by atoms with van der Waals surface area (Å²) in [6.45, 7) is 3.46. The number of nitrogens with one attached hydrogen (secondary N) is 1. The minimum atomic E-state index is -0.742. The second-order valence-corrected chi connectivity index (χ2v) is 6.54. The Morgan fingerprint density at radius 3 is 2.16 bits per heavy atom. The van der Waals surface area contributed by atoms with Crippen LogP contribution in [0.4, 0.5) is 4.39 Å². The Morgan fingerprint density at radius 2 is 1.60 bits per heavy atom. The Balaban J connectivity index is 1.60. The van der Waals surface area contributed by atoms with Gasteiger partial charge in [0.2, 0.25) is 0 Å². The summed E-state index contributed by atoms with van der Waals surface area (Å²) in [7, 11) is 1.59. The number of halogens is 1. The highest BCUT2D eigenvalue weighted by Crippen LogP contribution is 2.26. The molecule has 3 rings (SSSR count). The van der Waals surface area contributed by atoms with Gasteiger partial charge in [-0.25, -0.2) is 4.39 Å². The Hall–Kier alpha value is -1.99. The molecule has 0 bridgehead atoms. The van der Waals surface area contributed by atoms with Gasteiger partial charge in [0.1, 0.15) is 11.4 Å². The summed E-state index contributed by atoms with van der Waals surface area (Å²) in [5, 5.41) is 3.25. The molecule has 0 saturated carbocycles. The van der Waals surface area contributed by atoms with Crippen molar-refractivity contribution in [1.29, 1.82) is 0 Å². The number of hydrogen-bond donors (Lipinski definition) is 1. The van der Waals surface area contributed by atoms with Crippen molar-refractivity contribution in [3.63, 3.8) is 0 Å². The van der Waals surface area contributed by atoms with Gasteiger partial charge in [-0.05, 0) is 50.2 Å². The van der Waals surface area contributed by atoms with Crippen LogP contribution in [0.1, 0.15) is 23.2 Å². The molecule has 2 fully saturated rings. The second kappa shape index (κ2) is 7.49. The Labute approximate surface area is 146 Å². The normalized spacial score (nSPS) is 20.4. The lowest BCUT2D eigenvalue weighted by atomic mass is 9.90. The molecule has 2 saturated heterocycles. The van der Waals surface area contributed by atoms with E-state index in [1.807, 2.05) is 0 Å². The van der Waals surface area contributed by atoms with Gasteiger partial charge in [0, 0.05) is 38.9 Å². The lowest BCUT2D eigenvalue weighted by molar-refractivity contribution is -0.159. The van der Waals surface area contributed by atoms with Gasteiger partial charge in [-0.3, -0.25) is 9.59 Å². The molecular formula is C18H24FN3O3. The molecule has 2 amide bonds. The smallest absolute Gasteiger partial charge is 0.255 e. The third kappa shape index (κ3) is 3.67. The van der Waals surface area contributed by atoms with E-state index in [-0.39, 0.29) is 17.6 Å². The standard InChI is InChI=1S/C18H24FN3O3/c1-25-18(6-8-20-9-7-18)17(24)22-12-10-21(11-13-22)16(23)14-2-4-15(19)5-3-14/h2-5,20H,6-13H2,1H3. The van der Waals surface area contributed by atoms with Crippen LogP contribution in [0, 0.1) is 5.82 Å². The topological polar surface area (TPSA) is 61.9 Å². The Bertz CT molecular complexity index is 621. The first-order valence-electron chi connectivity index (χ1n) is 8.66. The number of amides is 2. The lowest BCUT2D eigenvalue weighted by Gasteiger charge is -2.42. The molecule has 2 heterocycles. The van der Waals surface area contributed by atoms with E-state index in [0.717, 1.165) is 13.1 Å². The molecule has 0 spiro atoms. The summed E-state index contributed by atoms with van der Waals surface area (Å²) in [6.07, 6.45) is 1.33. The van der Waals surface area contributed by atoms with Crippen LogP contribution >= 0.6 is 0 Å². The minimum Gasteiger partial charge on any atom is -0.368 e. The summed E-state index contributed by atoms with van der Waals surface area (Å²) in [4.78, 5) is 28.9. The molecule has 1 aromatic carbocycles. The van der Waals surface area contributed by atoms with Crippen LogP contribution in [0.5, 0.6) is 0 Å². The van der Waals surface area contributed by atoms with Crippen molar-refractivity contribution in [1.82, 2.24) is 15.1 Å². The van der Waals surface area contributed by atoms with Crippen molar-refractivity contribution in [2.75, 3.05) is 46.4 Å². The highest BCUT2D eigenvalue weighted by molar-refractivity contribution is 5.94. The van der Waals surface area contributed by atoms with Crippen molar-refractivity contribution in [2.45, 2.75) is 18.4 Å². The fourth-order valence-electron chi connectivity index (χ4n) is 3.51. The minimum absolute atomic E-state index is 0.0189. The Kier molecular flexibility index (Phi) is 5.34. The molecular weight excluding hydrogens is 325 g/mol. The van der Waals surface area contributed by atoms with E-state index in [1.165, 1.54) is 24.3 Å². The van der Waals surface area contributed by atoms with E-state index in [9.17, 15) is 14.0 Å². The van der Waals surface area contributed by atoms with Crippen LogP contribution in [0.25, 0.3) is 0 Å². The number of methoxy groups -OCH3 is 1. The van der Waals surface area contributed by atoms with Crippen LogP contribution in [0.2, 0.25) is 0 Å². The first kappa shape index (κ1) is 17.8. The van der Waals surface area contributed by atoms with Crippen LogP contribution in [0.3, 0.4) is 0 Å². The van der Waals surface area contributed by atoms with E-state index in [4.69, 9.17) is 4.74 Å². The summed E-state index contributed by atoms with van der Waals surface area (Å²) < 4.78 is 18.6. The fraction of sp³-hybridized carbons (Fsp3) is 0.556. The van der Waals surface area contributed by atoms with Gasteiger partial charge in [-0.15, -0.1) is 0 Å². The van der Waals surface area contributed by atoms with Gasteiger partial charge in [0.05, 0.1) is 0 Å². The number of nitrogens with zero attached hydrogens (tertiary/aromatic N) is 2. The van der Waals surface area contributed by atoms with E-state index in [1.54, 1.807) is 16.9 Å². The van der Waals surface area contributed by atoms with Crippen molar-refractivity contribution >= 4 is 11.8 Å². The molecule has 1 N–H and O–H groups in total.